The van der Waals surface area contributed by atoms with Crippen molar-refractivity contribution >= 4 is 5.69 Å². The molecule has 0 saturated carbocycles. The van der Waals surface area contributed by atoms with Gasteiger partial charge in [0, 0.05) is 17.8 Å². The third kappa shape index (κ3) is 6.60. The predicted octanol–water partition coefficient (Wildman–Crippen LogP) is 8.05. The fraction of sp³-hybridized carbons (Fsp3) is 0.250. The average Bonchev–Trinajstić information content (AvgIpc) is 2.94. The summed E-state index contributed by atoms with van der Waals surface area (Å²) in [6.07, 6.45) is 3.34. The van der Waals surface area contributed by atoms with E-state index < -0.39 is 0 Å². The molecule has 0 unspecified atom stereocenters. The maximum absolute atomic E-state index is 6.10. The molecule has 1 aliphatic heterocycles. The van der Waals surface area contributed by atoms with Gasteiger partial charge < -0.3 is 19.1 Å². The van der Waals surface area contributed by atoms with Crippen LogP contribution in [0.1, 0.15) is 37.0 Å². The third-order valence-corrected chi connectivity index (χ3v) is 6.14. The highest BCUT2D eigenvalue weighted by molar-refractivity contribution is 5.51. The van der Waals surface area contributed by atoms with Crippen molar-refractivity contribution in [3.63, 3.8) is 0 Å². The number of nitrogens with zero attached hydrogens (tertiary/aromatic N) is 1. The molecule has 0 N–H and O–H groups in total. The lowest BCUT2D eigenvalue weighted by molar-refractivity contribution is 0.288. The molecule has 0 aliphatic carbocycles. The van der Waals surface area contributed by atoms with Crippen LogP contribution >= 0.6 is 0 Å². The van der Waals surface area contributed by atoms with Gasteiger partial charge in [-0.1, -0.05) is 68.8 Å². The summed E-state index contributed by atoms with van der Waals surface area (Å²) in [6.45, 7) is 5.65. The number of ether oxygens (including phenoxy) is 3. The SMILES string of the molecule is CCCc1ccccc1.CCc1cc(Oc2ccc3c(c2)CN(c2ccccc2)CO3)ccc1OC. The number of para-hydroxylation sites is 1. The molecule has 4 aromatic rings. The Hall–Kier alpha value is -3.92. The molecule has 4 heteroatoms. The number of methoxy groups -OCH3 is 1. The number of anilines is 1. The average molecular weight is 482 g/mol. The van der Waals surface area contributed by atoms with Crippen LogP contribution in [0.15, 0.2) is 97.1 Å². The fourth-order valence-corrected chi connectivity index (χ4v) is 4.25. The number of hydrogen-bond acceptors (Lipinski definition) is 4. The summed E-state index contributed by atoms with van der Waals surface area (Å²) in [5.74, 6) is 3.42. The smallest absolute Gasteiger partial charge is 0.161 e. The number of hydrogen-bond donors (Lipinski definition) is 0. The molecule has 36 heavy (non-hydrogen) atoms. The zero-order valence-corrected chi connectivity index (χ0v) is 21.4. The van der Waals surface area contributed by atoms with Crippen molar-refractivity contribution in [1.29, 1.82) is 0 Å². The van der Waals surface area contributed by atoms with E-state index in [4.69, 9.17) is 14.2 Å². The van der Waals surface area contributed by atoms with E-state index in [0.29, 0.717) is 6.73 Å². The van der Waals surface area contributed by atoms with Gasteiger partial charge in [-0.05, 0) is 72.5 Å². The molecule has 0 radical (unpaired) electrons. The van der Waals surface area contributed by atoms with Crippen LogP contribution < -0.4 is 19.1 Å². The van der Waals surface area contributed by atoms with E-state index in [1.165, 1.54) is 18.4 Å². The third-order valence-electron chi connectivity index (χ3n) is 6.14. The Kier molecular flexibility index (Phi) is 8.87. The summed E-state index contributed by atoms with van der Waals surface area (Å²) in [5, 5.41) is 0. The molecule has 5 rings (SSSR count). The lowest BCUT2D eigenvalue weighted by Gasteiger charge is -2.31. The first-order valence-corrected chi connectivity index (χ1v) is 12.6. The van der Waals surface area contributed by atoms with Crippen LogP contribution in [0.3, 0.4) is 0 Å². The Morgan fingerprint density at radius 1 is 0.806 bits per heavy atom. The van der Waals surface area contributed by atoms with Crippen LogP contribution in [-0.2, 0) is 19.4 Å². The molecular weight excluding hydrogens is 446 g/mol. The monoisotopic (exact) mass is 481 g/mol. The maximum Gasteiger partial charge on any atom is 0.161 e. The Bertz CT molecular complexity index is 1220. The van der Waals surface area contributed by atoms with E-state index >= 15 is 0 Å². The van der Waals surface area contributed by atoms with Crippen LogP contribution in [0.25, 0.3) is 0 Å². The highest BCUT2D eigenvalue weighted by atomic mass is 16.5. The van der Waals surface area contributed by atoms with Crippen molar-refractivity contribution in [2.75, 3.05) is 18.7 Å². The Morgan fingerprint density at radius 2 is 1.50 bits per heavy atom. The van der Waals surface area contributed by atoms with Crippen molar-refractivity contribution in [2.24, 2.45) is 0 Å². The lowest BCUT2D eigenvalue weighted by Crippen LogP contribution is -2.31. The minimum atomic E-state index is 0.551. The zero-order valence-electron chi connectivity index (χ0n) is 21.4. The second-order valence-corrected chi connectivity index (χ2v) is 8.74. The van der Waals surface area contributed by atoms with Gasteiger partial charge in [-0.15, -0.1) is 0 Å². The van der Waals surface area contributed by atoms with Crippen LogP contribution in [0.2, 0.25) is 0 Å². The van der Waals surface area contributed by atoms with Gasteiger partial charge in [0.25, 0.3) is 0 Å². The zero-order chi connectivity index (χ0) is 25.2. The minimum absolute atomic E-state index is 0.551. The van der Waals surface area contributed by atoms with Crippen LogP contribution in [-0.4, -0.2) is 13.8 Å². The van der Waals surface area contributed by atoms with Gasteiger partial charge >= 0.3 is 0 Å². The van der Waals surface area contributed by atoms with Gasteiger partial charge in [0.05, 0.1) is 7.11 Å². The summed E-state index contributed by atoms with van der Waals surface area (Å²) in [4.78, 5) is 2.20. The number of rotatable bonds is 7. The van der Waals surface area contributed by atoms with Gasteiger partial charge in [-0.25, -0.2) is 0 Å². The number of fused-ring (bicyclic) bond motifs is 1. The maximum atomic E-state index is 6.10. The first-order valence-electron chi connectivity index (χ1n) is 12.6. The largest absolute Gasteiger partial charge is 0.496 e. The van der Waals surface area contributed by atoms with Crippen LogP contribution in [0, 0.1) is 0 Å². The molecule has 1 heterocycles. The minimum Gasteiger partial charge on any atom is -0.496 e. The Morgan fingerprint density at radius 3 is 2.19 bits per heavy atom. The lowest BCUT2D eigenvalue weighted by atomic mass is 10.1. The van der Waals surface area contributed by atoms with Gasteiger partial charge in [-0.3, -0.25) is 0 Å². The normalized spacial score (nSPS) is 12.0. The molecular formula is C32H35NO3. The van der Waals surface area contributed by atoms with E-state index in [2.05, 4.69) is 67.3 Å². The van der Waals surface area contributed by atoms with Gasteiger partial charge in [0.1, 0.15) is 23.0 Å². The molecule has 4 nitrogen and oxygen atoms in total. The van der Waals surface area contributed by atoms with Gasteiger partial charge in [0.2, 0.25) is 0 Å². The molecule has 0 atom stereocenters. The summed E-state index contributed by atoms with van der Waals surface area (Å²) in [6, 6.07) is 32.8. The molecule has 186 valence electrons. The van der Waals surface area contributed by atoms with E-state index in [-0.39, 0.29) is 0 Å². The Balaban J connectivity index is 0.000000286. The molecule has 0 amide bonds. The van der Waals surface area contributed by atoms with Crippen LogP contribution in [0.5, 0.6) is 23.0 Å². The van der Waals surface area contributed by atoms with E-state index in [0.717, 1.165) is 52.8 Å². The van der Waals surface area contributed by atoms with Gasteiger partial charge in [-0.2, -0.15) is 0 Å². The molecule has 0 aromatic heterocycles. The van der Waals surface area contributed by atoms with Crippen molar-refractivity contribution < 1.29 is 14.2 Å². The van der Waals surface area contributed by atoms with Gasteiger partial charge in [0.15, 0.2) is 6.73 Å². The molecule has 0 bridgehead atoms. The van der Waals surface area contributed by atoms with Crippen LogP contribution in [0.4, 0.5) is 5.69 Å². The fourth-order valence-electron chi connectivity index (χ4n) is 4.25. The van der Waals surface area contributed by atoms with E-state index in [1.54, 1.807) is 7.11 Å². The first kappa shape index (κ1) is 25.2. The molecule has 0 fully saturated rings. The summed E-state index contributed by atoms with van der Waals surface area (Å²) < 4.78 is 17.4. The van der Waals surface area contributed by atoms with E-state index in [9.17, 15) is 0 Å². The van der Waals surface area contributed by atoms with Crippen molar-refractivity contribution in [3.8, 4) is 23.0 Å². The van der Waals surface area contributed by atoms with Crippen molar-refractivity contribution in [2.45, 2.75) is 39.7 Å². The molecule has 0 spiro atoms. The molecule has 0 saturated heterocycles. The van der Waals surface area contributed by atoms with E-state index in [1.807, 2.05) is 48.5 Å². The van der Waals surface area contributed by atoms with Crippen molar-refractivity contribution in [1.82, 2.24) is 0 Å². The second-order valence-electron chi connectivity index (χ2n) is 8.74. The summed E-state index contributed by atoms with van der Waals surface area (Å²) >= 11 is 0. The molecule has 4 aromatic carbocycles. The Labute approximate surface area is 215 Å². The number of benzene rings is 4. The predicted molar refractivity (Wildman–Crippen MR) is 147 cm³/mol. The highest BCUT2D eigenvalue weighted by Crippen LogP contribution is 2.34. The molecule has 1 aliphatic rings. The van der Waals surface area contributed by atoms with Crippen molar-refractivity contribution in [3.05, 3.63) is 114 Å². The first-order chi connectivity index (χ1) is 17.7. The summed E-state index contributed by atoms with van der Waals surface area (Å²) in [7, 11) is 1.69. The standard InChI is InChI=1S/C23H23NO3.C9H12/c1-3-17-13-20(9-11-22(17)25-2)27-21-10-12-23-18(14-21)15-24(16-26-23)19-7-5-4-6-8-19;1-2-6-9-7-4-3-5-8-9/h4-14H,3,15-16H2,1-2H3;3-5,7-8H,2,6H2,1H3. The topological polar surface area (TPSA) is 30.9 Å². The summed E-state index contributed by atoms with van der Waals surface area (Å²) in [5.41, 5.74) is 4.84. The second kappa shape index (κ2) is 12.7. The highest BCUT2D eigenvalue weighted by Gasteiger charge is 2.18. The quantitative estimate of drug-likeness (QED) is 0.267. The number of aryl methyl sites for hydroxylation is 2.